The van der Waals surface area contributed by atoms with E-state index in [1.807, 2.05) is 30.5 Å². The maximum atomic E-state index is 14.3. The summed E-state index contributed by atoms with van der Waals surface area (Å²) in [6, 6.07) is 15.2. The van der Waals surface area contributed by atoms with Crippen LogP contribution in [0.3, 0.4) is 0 Å². The Bertz CT molecular complexity index is 1020. The van der Waals surface area contributed by atoms with Crippen LogP contribution in [-0.2, 0) is 11.2 Å². The van der Waals surface area contributed by atoms with Crippen LogP contribution < -0.4 is 15.0 Å². The number of pyridine rings is 1. The van der Waals surface area contributed by atoms with E-state index in [2.05, 4.69) is 27.3 Å². The first-order valence-electron chi connectivity index (χ1n) is 9.88. The molecule has 1 saturated heterocycles. The molecule has 2 aromatic carbocycles. The topological polar surface area (TPSA) is 46.6 Å². The van der Waals surface area contributed by atoms with Crippen molar-refractivity contribution in [1.29, 1.82) is 0 Å². The summed E-state index contributed by atoms with van der Waals surface area (Å²) in [5, 5.41) is 3.27. The molecule has 1 N–H and O–H groups in total. The lowest BCUT2D eigenvalue weighted by Gasteiger charge is -2.29. The molecule has 0 amide bonds. The third-order valence-corrected chi connectivity index (χ3v) is 5.34. The zero-order valence-electron chi connectivity index (χ0n) is 16.0. The van der Waals surface area contributed by atoms with Crippen molar-refractivity contribution in [2.75, 3.05) is 43.1 Å². The van der Waals surface area contributed by atoms with Crippen LogP contribution in [0, 0.1) is 5.82 Å². The molecule has 5 nitrogen and oxygen atoms in total. The first-order valence-corrected chi connectivity index (χ1v) is 9.88. The van der Waals surface area contributed by atoms with Crippen LogP contribution in [0.25, 0.3) is 11.1 Å². The monoisotopic (exact) mass is 391 g/mol. The van der Waals surface area contributed by atoms with Gasteiger partial charge in [0.1, 0.15) is 5.82 Å². The van der Waals surface area contributed by atoms with Crippen LogP contribution in [-0.4, -0.2) is 37.9 Å². The smallest absolute Gasteiger partial charge is 0.173 e. The molecule has 0 spiro atoms. The van der Waals surface area contributed by atoms with Gasteiger partial charge in [-0.15, -0.1) is 0 Å². The second-order valence-electron chi connectivity index (χ2n) is 7.22. The van der Waals surface area contributed by atoms with Gasteiger partial charge in [-0.2, -0.15) is 0 Å². The molecule has 0 bridgehead atoms. The van der Waals surface area contributed by atoms with Gasteiger partial charge < -0.3 is 19.7 Å². The minimum atomic E-state index is -0.282. The molecule has 1 fully saturated rings. The second-order valence-corrected chi connectivity index (χ2v) is 7.22. The third kappa shape index (κ3) is 3.63. The molecule has 5 rings (SSSR count). The number of aromatic nitrogens is 1. The van der Waals surface area contributed by atoms with Crippen LogP contribution in [0.4, 0.5) is 21.6 Å². The first kappa shape index (κ1) is 17.9. The van der Waals surface area contributed by atoms with Crippen molar-refractivity contribution in [3.05, 3.63) is 66.1 Å². The molecule has 2 aliphatic rings. The minimum Gasteiger partial charge on any atom is -0.489 e. The molecule has 0 radical (unpaired) electrons. The molecule has 3 heterocycles. The van der Waals surface area contributed by atoms with Gasteiger partial charge in [-0.3, -0.25) is 0 Å². The number of halogens is 1. The number of fused-ring (bicyclic) bond motifs is 1. The van der Waals surface area contributed by atoms with Gasteiger partial charge >= 0.3 is 0 Å². The number of benzene rings is 2. The lowest BCUT2D eigenvalue weighted by molar-refractivity contribution is 0.122. The summed E-state index contributed by atoms with van der Waals surface area (Å²) in [4.78, 5) is 6.73. The van der Waals surface area contributed by atoms with E-state index in [-0.39, 0.29) is 5.82 Å². The van der Waals surface area contributed by atoms with Crippen molar-refractivity contribution < 1.29 is 13.9 Å². The fraction of sp³-hybridized carbons (Fsp3) is 0.261. The molecule has 3 aromatic rings. The fourth-order valence-corrected chi connectivity index (χ4v) is 3.93. The highest BCUT2D eigenvalue weighted by Gasteiger charge is 2.23. The average molecular weight is 391 g/mol. The number of ether oxygens (including phenoxy) is 2. The van der Waals surface area contributed by atoms with Gasteiger partial charge in [-0.05, 0) is 23.8 Å². The molecule has 0 saturated carbocycles. The van der Waals surface area contributed by atoms with Gasteiger partial charge in [-0.1, -0.05) is 30.3 Å². The van der Waals surface area contributed by atoms with Gasteiger partial charge in [0.25, 0.3) is 0 Å². The zero-order valence-corrected chi connectivity index (χ0v) is 16.0. The predicted molar refractivity (Wildman–Crippen MR) is 112 cm³/mol. The molecular weight excluding hydrogens is 369 g/mol. The Morgan fingerprint density at radius 1 is 1.00 bits per heavy atom. The van der Waals surface area contributed by atoms with Crippen molar-refractivity contribution in [2.45, 2.75) is 6.42 Å². The highest BCUT2D eigenvalue weighted by molar-refractivity contribution is 5.76. The van der Waals surface area contributed by atoms with Gasteiger partial charge in [0.2, 0.25) is 0 Å². The largest absolute Gasteiger partial charge is 0.489 e. The molecule has 2 aliphatic heterocycles. The van der Waals surface area contributed by atoms with Crippen LogP contribution in [0.5, 0.6) is 5.75 Å². The summed E-state index contributed by atoms with van der Waals surface area (Å²) in [5.74, 6) is 1.09. The molecule has 148 valence electrons. The number of rotatable bonds is 4. The molecular formula is C23H22FN3O2. The van der Waals surface area contributed by atoms with Gasteiger partial charge in [0.05, 0.1) is 19.8 Å². The minimum absolute atomic E-state index is 0.282. The standard InChI is InChI=1S/C23H22FN3O2/c24-17-12-18(14-19(13-17)27-7-10-28-11-8-27)26-23-22-20(6-9-29-22)21(15-25-23)16-4-2-1-3-5-16/h1-5,12-15H,6-11H2,(H,25,26). The van der Waals surface area contributed by atoms with Gasteiger partial charge in [-0.25, -0.2) is 9.37 Å². The van der Waals surface area contributed by atoms with E-state index in [1.165, 1.54) is 6.07 Å². The van der Waals surface area contributed by atoms with Crippen LogP contribution >= 0.6 is 0 Å². The summed E-state index contributed by atoms with van der Waals surface area (Å²) in [7, 11) is 0. The maximum Gasteiger partial charge on any atom is 0.173 e. The van der Waals surface area contributed by atoms with Crippen LogP contribution in [0.2, 0.25) is 0 Å². The van der Waals surface area contributed by atoms with Crippen molar-refractivity contribution in [1.82, 2.24) is 4.98 Å². The Labute approximate surface area is 169 Å². The summed E-state index contributed by atoms with van der Waals surface area (Å²) in [6.45, 7) is 3.45. The maximum absolute atomic E-state index is 14.3. The number of morpholine rings is 1. The fourth-order valence-electron chi connectivity index (χ4n) is 3.93. The molecule has 0 aliphatic carbocycles. The Kier molecular flexibility index (Phi) is 4.77. The highest BCUT2D eigenvalue weighted by atomic mass is 19.1. The number of hydrogen-bond donors (Lipinski definition) is 1. The number of nitrogens with zero attached hydrogens (tertiary/aromatic N) is 2. The van der Waals surface area contributed by atoms with Gasteiger partial charge in [0, 0.05) is 48.2 Å². The van der Waals surface area contributed by atoms with E-state index >= 15 is 0 Å². The second kappa shape index (κ2) is 7.72. The first-order chi connectivity index (χ1) is 14.3. The molecule has 1 aromatic heterocycles. The SMILES string of the molecule is Fc1cc(Nc2ncc(-c3ccccc3)c3c2OCC3)cc(N2CCOCC2)c1. The van der Waals surface area contributed by atoms with Gasteiger partial charge in [0.15, 0.2) is 11.6 Å². The van der Waals surface area contributed by atoms with Crippen LogP contribution in [0.1, 0.15) is 5.56 Å². The summed E-state index contributed by atoms with van der Waals surface area (Å²) in [5.41, 5.74) is 4.84. The normalized spacial score (nSPS) is 15.7. The van der Waals surface area contributed by atoms with Crippen molar-refractivity contribution in [2.24, 2.45) is 0 Å². The quantitative estimate of drug-likeness (QED) is 0.714. The predicted octanol–water partition coefficient (Wildman–Crippen LogP) is 4.40. The summed E-state index contributed by atoms with van der Waals surface area (Å²) < 4.78 is 25.6. The van der Waals surface area contributed by atoms with Crippen molar-refractivity contribution in [3.8, 4) is 16.9 Å². The van der Waals surface area contributed by atoms with E-state index in [0.717, 1.165) is 47.6 Å². The summed E-state index contributed by atoms with van der Waals surface area (Å²) >= 11 is 0. The third-order valence-electron chi connectivity index (χ3n) is 5.34. The number of hydrogen-bond acceptors (Lipinski definition) is 5. The molecule has 0 unspecified atom stereocenters. The Morgan fingerprint density at radius 2 is 1.83 bits per heavy atom. The van der Waals surface area contributed by atoms with E-state index in [9.17, 15) is 4.39 Å². The average Bonchev–Trinajstić information content (AvgIpc) is 3.25. The zero-order chi connectivity index (χ0) is 19.6. The van der Waals surface area contributed by atoms with Crippen LogP contribution in [0.15, 0.2) is 54.7 Å². The molecule has 0 atom stereocenters. The lowest BCUT2D eigenvalue weighted by Crippen LogP contribution is -2.36. The highest BCUT2D eigenvalue weighted by Crippen LogP contribution is 2.40. The summed E-state index contributed by atoms with van der Waals surface area (Å²) in [6.07, 6.45) is 2.70. The van der Waals surface area contributed by atoms with E-state index in [0.29, 0.717) is 31.3 Å². The Hall–Kier alpha value is -3.12. The van der Waals surface area contributed by atoms with Crippen molar-refractivity contribution in [3.63, 3.8) is 0 Å². The van der Waals surface area contributed by atoms with Crippen molar-refractivity contribution >= 4 is 17.2 Å². The van der Waals surface area contributed by atoms with E-state index in [4.69, 9.17) is 9.47 Å². The number of anilines is 3. The molecule has 29 heavy (non-hydrogen) atoms. The molecule has 6 heteroatoms. The Morgan fingerprint density at radius 3 is 2.66 bits per heavy atom. The van der Waals surface area contributed by atoms with E-state index < -0.39 is 0 Å². The lowest BCUT2D eigenvalue weighted by atomic mass is 10.0. The van der Waals surface area contributed by atoms with E-state index in [1.54, 1.807) is 6.07 Å². The Balaban J connectivity index is 1.47. The number of nitrogens with one attached hydrogen (secondary N) is 1.